The van der Waals surface area contributed by atoms with E-state index in [1.54, 1.807) is 0 Å². The third-order valence-electron chi connectivity index (χ3n) is 5.04. The molecule has 2 heteroatoms. The largest absolute Gasteiger partial charge is 0.375 e. The predicted octanol–water partition coefficient (Wildman–Crippen LogP) is 3.75. The first-order valence-electron chi connectivity index (χ1n) is 7.96. The second-order valence-corrected chi connectivity index (χ2v) is 6.86. The van der Waals surface area contributed by atoms with E-state index < -0.39 is 0 Å². The Hall–Kier alpha value is -0.0800. The molecule has 1 saturated heterocycles. The summed E-state index contributed by atoms with van der Waals surface area (Å²) >= 11 is 0. The van der Waals surface area contributed by atoms with E-state index in [1.807, 2.05) is 0 Å². The van der Waals surface area contributed by atoms with Gasteiger partial charge in [-0.05, 0) is 57.4 Å². The summed E-state index contributed by atoms with van der Waals surface area (Å²) in [5, 5.41) is 3.58. The van der Waals surface area contributed by atoms with Gasteiger partial charge in [0, 0.05) is 12.6 Å². The molecule has 0 amide bonds. The summed E-state index contributed by atoms with van der Waals surface area (Å²) in [6.07, 6.45) is 10.6. The minimum absolute atomic E-state index is 0.274. The lowest BCUT2D eigenvalue weighted by Gasteiger charge is -2.41. The molecule has 2 aliphatic rings. The molecule has 0 bridgehead atoms. The molecule has 106 valence electrons. The van der Waals surface area contributed by atoms with Crippen LogP contribution in [0.25, 0.3) is 0 Å². The summed E-state index contributed by atoms with van der Waals surface area (Å²) in [7, 11) is 2.14. The number of nitrogens with one attached hydrogen (secondary N) is 1. The summed E-state index contributed by atoms with van der Waals surface area (Å²) in [6.45, 7) is 5.65. The van der Waals surface area contributed by atoms with Crippen molar-refractivity contribution in [1.29, 1.82) is 0 Å². The first kappa shape index (κ1) is 14.3. The van der Waals surface area contributed by atoms with E-state index in [0.717, 1.165) is 18.4 Å². The van der Waals surface area contributed by atoms with E-state index >= 15 is 0 Å². The van der Waals surface area contributed by atoms with Crippen LogP contribution < -0.4 is 5.32 Å². The van der Waals surface area contributed by atoms with Gasteiger partial charge in [-0.25, -0.2) is 0 Å². The lowest BCUT2D eigenvalue weighted by atomic mass is 9.79. The molecule has 2 unspecified atom stereocenters. The van der Waals surface area contributed by atoms with Crippen molar-refractivity contribution in [2.24, 2.45) is 11.8 Å². The Labute approximate surface area is 113 Å². The topological polar surface area (TPSA) is 21.3 Å². The normalized spacial score (nSPS) is 29.0. The zero-order valence-corrected chi connectivity index (χ0v) is 12.5. The van der Waals surface area contributed by atoms with Crippen LogP contribution in [0.2, 0.25) is 0 Å². The van der Waals surface area contributed by atoms with Crippen LogP contribution in [0.5, 0.6) is 0 Å². The highest BCUT2D eigenvalue weighted by atomic mass is 16.5. The van der Waals surface area contributed by atoms with Crippen molar-refractivity contribution in [2.75, 3.05) is 13.7 Å². The first-order chi connectivity index (χ1) is 8.65. The molecule has 1 saturated carbocycles. The highest BCUT2D eigenvalue weighted by molar-refractivity contribution is 4.94. The second kappa shape index (κ2) is 6.38. The molecule has 1 heterocycles. The summed E-state index contributed by atoms with van der Waals surface area (Å²) < 4.78 is 6.15. The highest BCUT2D eigenvalue weighted by Gasteiger charge is 2.41. The molecule has 2 fully saturated rings. The number of hydrogen-bond acceptors (Lipinski definition) is 2. The fraction of sp³-hybridized carbons (Fsp3) is 1.00. The third kappa shape index (κ3) is 3.48. The smallest absolute Gasteiger partial charge is 0.0685 e. The molecule has 0 aromatic carbocycles. The fourth-order valence-electron chi connectivity index (χ4n) is 3.91. The van der Waals surface area contributed by atoms with Gasteiger partial charge >= 0.3 is 0 Å². The van der Waals surface area contributed by atoms with E-state index in [1.165, 1.54) is 51.4 Å². The average molecular weight is 253 g/mol. The van der Waals surface area contributed by atoms with Crippen molar-refractivity contribution >= 4 is 0 Å². The number of ether oxygens (including phenoxy) is 1. The number of hydrogen-bond donors (Lipinski definition) is 1. The Morgan fingerprint density at radius 1 is 1.22 bits per heavy atom. The van der Waals surface area contributed by atoms with E-state index in [0.29, 0.717) is 6.04 Å². The third-order valence-corrected chi connectivity index (χ3v) is 5.04. The van der Waals surface area contributed by atoms with Crippen molar-refractivity contribution in [3.63, 3.8) is 0 Å². The minimum atomic E-state index is 0.274. The Kier molecular flexibility index (Phi) is 5.08. The van der Waals surface area contributed by atoms with Crippen LogP contribution >= 0.6 is 0 Å². The molecule has 1 spiro atoms. The molecular formula is C16H31NO. The van der Waals surface area contributed by atoms with Crippen LogP contribution in [0.15, 0.2) is 0 Å². The van der Waals surface area contributed by atoms with Gasteiger partial charge in [0.2, 0.25) is 0 Å². The summed E-state index contributed by atoms with van der Waals surface area (Å²) in [6, 6.07) is 0.703. The van der Waals surface area contributed by atoms with Crippen molar-refractivity contribution in [3.8, 4) is 0 Å². The maximum absolute atomic E-state index is 6.15. The van der Waals surface area contributed by atoms with E-state index in [4.69, 9.17) is 4.74 Å². The van der Waals surface area contributed by atoms with Crippen LogP contribution in [0, 0.1) is 11.8 Å². The molecule has 1 aliphatic carbocycles. The minimum Gasteiger partial charge on any atom is -0.375 e. The molecule has 2 nitrogen and oxygen atoms in total. The summed E-state index contributed by atoms with van der Waals surface area (Å²) in [5.74, 6) is 1.65. The monoisotopic (exact) mass is 253 g/mol. The van der Waals surface area contributed by atoms with Crippen LogP contribution in [-0.4, -0.2) is 25.3 Å². The van der Waals surface area contributed by atoms with E-state index in [-0.39, 0.29) is 5.60 Å². The molecule has 1 N–H and O–H groups in total. The van der Waals surface area contributed by atoms with Crippen LogP contribution in [0.4, 0.5) is 0 Å². The Balaban J connectivity index is 1.89. The van der Waals surface area contributed by atoms with Crippen molar-refractivity contribution in [2.45, 2.75) is 76.9 Å². The van der Waals surface area contributed by atoms with Crippen molar-refractivity contribution in [3.05, 3.63) is 0 Å². The number of rotatable bonds is 5. The van der Waals surface area contributed by atoms with E-state index in [2.05, 4.69) is 26.2 Å². The van der Waals surface area contributed by atoms with E-state index in [9.17, 15) is 0 Å². The Morgan fingerprint density at radius 3 is 2.56 bits per heavy atom. The fourth-order valence-corrected chi connectivity index (χ4v) is 3.91. The summed E-state index contributed by atoms with van der Waals surface area (Å²) in [5.41, 5.74) is 0.274. The van der Waals surface area contributed by atoms with Gasteiger partial charge < -0.3 is 10.1 Å². The molecule has 0 aromatic rings. The van der Waals surface area contributed by atoms with Crippen molar-refractivity contribution in [1.82, 2.24) is 5.32 Å². The second-order valence-electron chi connectivity index (χ2n) is 6.86. The van der Waals surface area contributed by atoms with Gasteiger partial charge in [0.25, 0.3) is 0 Å². The van der Waals surface area contributed by atoms with Gasteiger partial charge in [-0.2, -0.15) is 0 Å². The zero-order valence-electron chi connectivity index (χ0n) is 12.5. The molecule has 0 aromatic heterocycles. The van der Waals surface area contributed by atoms with Gasteiger partial charge in [-0.3, -0.25) is 0 Å². The molecule has 0 radical (unpaired) electrons. The van der Waals surface area contributed by atoms with Gasteiger partial charge in [-0.15, -0.1) is 0 Å². The van der Waals surface area contributed by atoms with Gasteiger partial charge in [0.05, 0.1) is 5.60 Å². The lowest BCUT2D eigenvalue weighted by Crippen LogP contribution is -2.44. The van der Waals surface area contributed by atoms with Crippen LogP contribution in [-0.2, 0) is 4.74 Å². The molecular weight excluding hydrogens is 222 g/mol. The zero-order chi connectivity index (χ0) is 13.0. The van der Waals surface area contributed by atoms with Gasteiger partial charge in [0.1, 0.15) is 0 Å². The first-order valence-corrected chi connectivity index (χ1v) is 7.96. The SMILES string of the molecule is CNC(CCC(C)C)C1CCOC2(CCCC2)C1. The maximum atomic E-state index is 6.15. The van der Waals surface area contributed by atoms with Crippen LogP contribution in [0.1, 0.15) is 65.2 Å². The van der Waals surface area contributed by atoms with Gasteiger partial charge in [-0.1, -0.05) is 26.7 Å². The molecule has 2 atom stereocenters. The quantitative estimate of drug-likeness (QED) is 0.805. The molecule has 1 aliphatic heterocycles. The van der Waals surface area contributed by atoms with Crippen molar-refractivity contribution < 1.29 is 4.74 Å². The highest BCUT2D eigenvalue weighted by Crippen LogP contribution is 2.43. The molecule has 18 heavy (non-hydrogen) atoms. The standard InChI is InChI=1S/C16H31NO/c1-13(2)6-7-15(17-3)14-8-11-18-16(12-14)9-4-5-10-16/h13-15,17H,4-12H2,1-3H3. The Bertz CT molecular complexity index is 245. The lowest BCUT2D eigenvalue weighted by molar-refractivity contribution is -0.0981. The molecule has 2 rings (SSSR count). The van der Waals surface area contributed by atoms with Gasteiger partial charge in [0.15, 0.2) is 0 Å². The average Bonchev–Trinajstić information content (AvgIpc) is 2.78. The summed E-state index contributed by atoms with van der Waals surface area (Å²) in [4.78, 5) is 0. The maximum Gasteiger partial charge on any atom is 0.0685 e. The van der Waals surface area contributed by atoms with Crippen LogP contribution in [0.3, 0.4) is 0 Å². The Morgan fingerprint density at radius 2 is 1.94 bits per heavy atom. The predicted molar refractivity (Wildman–Crippen MR) is 76.8 cm³/mol.